The third-order valence-corrected chi connectivity index (χ3v) is 6.33. The van der Waals surface area contributed by atoms with Gasteiger partial charge in [-0.25, -0.2) is 0 Å². The van der Waals surface area contributed by atoms with Crippen LogP contribution in [0.5, 0.6) is 0 Å². The van der Waals surface area contributed by atoms with Gasteiger partial charge < -0.3 is 4.74 Å². The minimum absolute atomic E-state index is 0.237. The maximum absolute atomic E-state index is 12.0. The van der Waals surface area contributed by atoms with Gasteiger partial charge in [0.1, 0.15) is 0 Å². The summed E-state index contributed by atoms with van der Waals surface area (Å²) < 4.78 is 5.37. The van der Waals surface area contributed by atoms with E-state index >= 15 is 0 Å². The van der Waals surface area contributed by atoms with Crippen molar-refractivity contribution in [2.24, 2.45) is 5.41 Å². The molecule has 0 radical (unpaired) electrons. The average molecular weight is 379 g/mol. The molecule has 0 aliphatic heterocycles. The van der Waals surface area contributed by atoms with Crippen molar-refractivity contribution in [1.82, 2.24) is 0 Å². The van der Waals surface area contributed by atoms with E-state index in [4.69, 9.17) is 4.74 Å². The van der Waals surface area contributed by atoms with Gasteiger partial charge in [0, 0.05) is 19.6 Å². The van der Waals surface area contributed by atoms with Crippen molar-refractivity contribution in [1.29, 1.82) is 0 Å². The van der Waals surface area contributed by atoms with Crippen LogP contribution in [-0.2, 0) is 9.53 Å². The lowest BCUT2D eigenvalue weighted by molar-refractivity contribution is -0.116. The van der Waals surface area contributed by atoms with E-state index in [2.05, 4.69) is 27.7 Å². The molecular weight excluding hydrogens is 332 g/mol. The molecule has 0 N–H and O–H groups in total. The molecule has 0 unspecified atom stereocenters. The number of allylic oxidation sites excluding steroid dienone is 2. The number of Topliss-reactive ketones (excluding diaryl/α,β-unsaturated/α-hetero) is 1. The van der Waals surface area contributed by atoms with Crippen LogP contribution in [0.15, 0.2) is 11.1 Å². The zero-order chi connectivity index (χ0) is 20.0. The number of hydrogen-bond donors (Lipinski definition) is 0. The fraction of sp³-hybridized carbons (Fsp3) is 0.880. The van der Waals surface area contributed by atoms with Crippen LogP contribution in [0.2, 0.25) is 0 Å². The van der Waals surface area contributed by atoms with Crippen LogP contribution in [-0.4, -0.2) is 19.0 Å². The van der Waals surface area contributed by atoms with Crippen LogP contribution < -0.4 is 0 Å². The molecule has 0 fully saturated rings. The predicted molar refractivity (Wildman–Crippen MR) is 117 cm³/mol. The van der Waals surface area contributed by atoms with E-state index in [9.17, 15) is 4.79 Å². The predicted octanol–water partition coefficient (Wildman–Crippen LogP) is 7.80. The van der Waals surface area contributed by atoms with E-state index in [1.165, 1.54) is 82.6 Å². The van der Waals surface area contributed by atoms with Gasteiger partial charge in [0.25, 0.3) is 0 Å². The zero-order valence-electron chi connectivity index (χ0n) is 18.8. The fourth-order valence-corrected chi connectivity index (χ4v) is 4.38. The molecule has 1 aliphatic carbocycles. The molecule has 0 aromatic rings. The molecule has 0 heterocycles. The molecular formula is C25H46O2. The third kappa shape index (κ3) is 10.5. The summed E-state index contributed by atoms with van der Waals surface area (Å²) in [5, 5.41) is 0. The molecule has 0 aromatic carbocycles. The van der Waals surface area contributed by atoms with Crippen molar-refractivity contribution >= 4 is 5.78 Å². The van der Waals surface area contributed by atoms with Crippen molar-refractivity contribution in [3.8, 4) is 0 Å². The molecule has 158 valence electrons. The molecule has 2 heteroatoms. The van der Waals surface area contributed by atoms with E-state index in [0.717, 1.165) is 38.0 Å². The molecule has 1 aliphatic rings. The lowest BCUT2D eigenvalue weighted by atomic mass is 9.70. The van der Waals surface area contributed by atoms with Gasteiger partial charge in [-0.1, -0.05) is 83.6 Å². The summed E-state index contributed by atoms with van der Waals surface area (Å²) in [5.41, 5.74) is 2.75. The van der Waals surface area contributed by atoms with Crippen LogP contribution in [0.1, 0.15) is 124 Å². The van der Waals surface area contributed by atoms with Gasteiger partial charge in [-0.2, -0.15) is 0 Å². The van der Waals surface area contributed by atoms with Gasteiger partial charge in [-0.05, 0) is 50.5 Å². The Labute approximate surface area is 169 Å². The Bertz CT molecular complexity index is 434. The van der Waals surface area contributed by atoms with Crippen LogP contribution in [0.3, 0.4) is 0 Å². The van der Waals surface area contributed by atoms with Crippen LogP contribution in [0, 0.1) is 5.41 Å². The molecule has 0 aromatic heterocycles. The van der Waals surface area contributed by atoms with E-state index in [1.807, 2.05) is 0 Å². The quantitative estimate of drug-likeness (QED) is 0.256. The highest BCUT2D eigenvalue weighted by molar-refractivity contribution is 5.96. The molecule has 0 spiro atoms. The van der Waals surface area contributed by atoms with Gasteiger partial charge in [0.15, 0.2) is 5.78 Å². The van der Waals surface area contributed by atoms with Gasteiger partial charge in [-0.15, -0.1) is 0 Å². The minimum atomic E-state index is 0.237. The van der Waals surface area contributed by atoms with Crippen molar-refractivity contribution in [3.63, 3.8) is 0 Å². The van der Waals surface area contributed by atoms with E-state index < -0.39 is 0 Å². The Morgan fingerprint density at radius 1 is 0.815 bits per heavy atom. The second-order valence-corrected chi connectivity index (χ2v) is 9.10. The Hall–Kier alpha value is -0.630. The largest absolute Gasteiger partial charge is 0.382 e. The van der Waals surface area contributed by atoms with Gasteiger partial charge in [0.2, 0.25) is 0 Å². The maximum Gasteiger partial charge on any atom is 0.158 e. The summed E-state index contributed by atoms with van der Waals surface area (Å²) in [5.74, 6) is 0.388. The smallest absolute Gasteiger partial charge is 0.158 e. The van der Waals surface area contributed by atoms with E-state index in [1.54, 1.807) is 0 Å². The van der Waals surface area contributed by atoms with Gasteiger partial charge >= 0.3 is 0 Å². The van der Waals surface area contributed by atoms with Crippen LogP contribution in [0.4, 0.5) is 0 Å². The number of ketones is 1. The number of hydrogen-bond acceptors (Lipinski definition) is 2. The second kappa shape index (κ2) is 14.4. The topological polar surface area (TPSA) is 26.3 Å². The summed E-state index contributed by atoms with van der Waals surface area (Å²) in [4.78, 5) is 12.0. The lowest BCUT2D eigenvalue weighted by Gasteiger charge is -2.34. The molecule has 0 saturated carbocycles. The van der Waals surface area contributed by atoms with Crippen molar-refractivity contribution in [2.75, 3.05) is 13.2 Å². The molecule has 2 nitrogen and oxygen atoms in total. The summed E-state index contributed by atoms with van der Waals surface area (Å²) in [6.07, 6.45) is 19.2. The Morgan fingerprint density at radius 2 is 1.30 bits per heavy atom. The fourth-order valence-electron chi connectivity index (χ4n) is 4.38. The lowest BCUT2D eigenvalue weighted by Crippen LogP contribution is -2.25. The number of unbranched alkanes of at least 4 members (excludes halogenated alkanes) is 11. The number of ether oxygens (including phenoxy) is 1. The van der Waals surface area contributed by atoms with Crippen molar-refractivity contribution in [3.05, 3.63) is 11.1 Å². The first-order valence-corrected chi connectivity index (χ1v) is 11.8. The molecule has 0 saturated heterocycles. The van der Waals surface area contributed by atoms with E-state index in [0.29, 0.717) is 5.78 Å². The van der Waals surface area contributed by atoms with Crippen molar-refractivity contribution in [2.45, 2.75) is 124 Å². The highest BCUT2D eigenvalue weighted by atomic mass is 16.5. The summed E-state index contributed by atoms with van der Waals surface area (Å²) in [6.45, 7) is 10.6. The molecule has 0 amide bonds. The summed E-state index contributed by atoms with van der Waals surface area (Å²) in [6, 6.07) is 0. The van der Waals surface area contributed by atoms with Gasteiger partial charge in [0.05, 0.1) is 0 Å². The standard InChI is InChI=1S/C25H46O2/c1-5-27-21-17-15-13-11-9-7-6-8-10-12-14-16-18-23-22(2)24(26)19-20-25(23,3)4/h5-21H2,1-4H3. The normalized spacial score (nSPS) is 17.0. The first kappa shape index (κ1) is 24.4. The number of carbonyl (C=O) groups is 1. The average Bonchev–Trinajstić information content (AvgIpc) is 2.64. The first-order valence-electron chi connectivity index (χ1n) is 11.8. The first-order chi connectivity index (χ1) is 13.0. The second-order valence-electron chi connectivity index (χ2n) is 9.10. The van der Waals surface area contributed by atoms with E-state index in [-0.39, 0.29) is 5.41 Å². The van der Waals surface area contributed by atoms with Crippen LogP contribution >= 0.6 is 0 Å². The monoisotopic (exact) mass is 378 g/mol. The molecule has 0 atom stereocenters. The Kier molecular flexibility index (Phi) is 13.0. The minimum Gasteiger partial charge on any atom is -0.382 e. The summed E-state index contributed by atoms with van der Waals surface area (Å²) >= 11 is 0. The highest BCUT2D eigenvalue weighted by Crippen LogP contribution is 2.41. The SMILES string of the molecule is CCOCCCCCCCCCCCCCCC1=C(C)C(=O)CCC1(C)C. The molecule has 1 rings (SSSR count). The third-order valence-electron chi connectivity index (χ3n) is 6.33. The number of rotatable bonds is 16. The zero-order valence-corrected chi connectivity index (χ0v) is 18.8. The highest BCUT2D eigenvalue weighted by Gasteiger charge is 2.31. The Morgan fingerprint density at radius 3 is 1.81 bits per heavy atom. The van der Waals surface area contributed by atoms with Gasteiger partial charge in [-0.3, -0.25) is 4.79 Å². The summed E-state index contributed by atoms with van der Waals surface area (Å²) in [7, 11) is 0. The van der Waals surface area contributed by atoms with Crippen molar-refractivity contribution < 1.29 is 9.53 Å². The maximum atomic E-state index is 12.0. The Balaban J connectivity index is 1.93. The number of carbonyl (C=O) groups excluding carboxylic acids is 1. The molecule has 0 bridgehead atoms. The van der Waals surface area contributed by atoms with Crippen LogP contribution in [0.25, 0.3) is 0 Å². The molecule has 27 heavy (non-hydrogen) atoms.